The normalized spacial score (nSPS) is 11.5. The Morgan fingerprint density at radius 1 is 1.22 bits per heavy atom. The molecule has 0 saturated heterocycles. The summed E-state index contributed by atoms with van der Waals surface area (Å²) in [7, 11) is 0. The second-order valence-corrected chi connectivity index (χ2v) is 5.18. The van der Waals surface area contributed by atoms with Gasteiger partial charge in [0.2, 0.25) is 5.56 Å². The molecule has 130 valence electrons. The number of pyridine rings is 1. The fraction of sp³-hybridized carbons (Fsp3) is 0.647. The van der Waals surface area contributed by atoms with Gasteiger partial charge in [0.05, 0.1) is 0 Å². The van der Waals surface area contributed by atoms with Gasteiger partial charge in [-0.15, -0.1) is 0 Å². The fourth-order valence-electron chi connectivity index (χ4n) is 2.10. The quantitative estimate of drug-likeness (QED) is 0.369. The number of nitrogens with one attached hydrogen (secondary N) is 2. The van der Waals surface area contributed by atoms with E-state index >= 15 is 0 Å². The maximum atomic E-state index is 11.6. The molecule has 6 nitrogen and oxygen atoms in total. The lowest BCUT2D eigenvalue weighted by molar-refractivity contribution is 0.146. The summed E-state index contributed by atoms with van der Waals surface area (Å²) in [6, 6.07) is 5.25. The van der Waals surface area contributed by atoms with Gasteiger partial charge in [-0.1, -0.05) is 6.07 Å². The van der Waals surface area contributed by atoms with E-state index in [2.05, 4.69) is 22.5 Å². The fourth-order valence-corrected chi connectivity index (χ4v) is 2.10. The number of aliphatic imine (C=N–C) groups is 1. The number of hydrogen-bond donors (Lipinski definition) is 2. The van der Waals surface area contributed by atoms with Crippen LogP contribution in [-0.4, -0.2) is 43.4 Å². The molecule has 2 N–H and O–H groups in total. The number of hydrogen-bond acceptors (Lipinski definition) is 3. The highest BCUT2D eigenvalue weighted by Crippen LogP contribution is 1.92. The lowest BCUT2D eigenvalue weighted by Gasteiger charge is -2.11. The predicted molar refractivity (Wildman–Crippen MR) is 95.0 cm³/mol. The highest BCUT2D eigenvalue weighted by Gasteiger charge is 1.98. The molecule has 0 radical (unpaired) electrons. The summed E-state index contributed by atoms with van der Waals surface area (Å²) in [4.78, 5) is 16.1. The molecule has 0 bridgehead atoms. The minimum Gasteiger partial charge on any atom is -0.382 e. The predicted octanol–water partition coefficient (Wildman–Crippen LogP) is 1.61. The lowest BCUT2D eigenvalue weighted by atomic mass is 10.3. The number of rotatable bonds is 11. The van der Waals surface area contributed by atoms with Crippen molar-refractivity contribution in [2.45, 2.75) is 39.7 Å². The third-order valence-corrected chi connectivity index (χ3v) is 3.28. The first kappa shape index (κ1) is 19.2. The molecule has 1 heterocycles. The smallest absolute Gasteiger partial charge is 0.250 e. The maximum absolute atomic E-state index is 11.6. The van der Waals surface area contributed by atoms with Crippen molar-refractivity contribution in [3.63, 3.8) is 0 Å². The molecule has 0 fully saturated rings. The number of aryl methyl sites for hydroxylation is 1. The molecule has 6 heteroatoms. The van der Waals surface area contributed by atoms with E-state index in [1.54, 1.807) is 16.7 Å². The molecule has 0 aliphatic carbocycles. The van der Waals surface area contributed by atoms with Gasteiger partial charge in [0.1, 0.15) is 0 Å². The van der Waals surface area contributed by atoms with E-state index in [-0.39, 0.29) is 5.56 Å². The first-order valence-corrected chi connectivity index (χ1v) is 8.53. The minimum atomic E-state index is 0.0599. The first-order valence-electron chi connectivity index (χ1n) is 8.53. The second-order valence-electron chi connectivity index (χ2n) is 5.18. The van der Waals surface area contributed by atoms with Crippen LogP contribution >= 0.6 is 0 Å². The van der Waals surface area contributed by atoms with Crippen LogP contribution in [0.5, 0.6) is 0 Å². The average Bonchev–Trinajstić information content (AvgIpc) is 2.55. The van der Waals surface area contributed by atoms with E-state index in [0.29, 0.717) is 0 Å². The van der Waals surface area contributed by atoms with Crippen molar-refractivity contribution in [1.82, 2.24) is 15.2 Å². The Kier molecular flexibility index (Phi) is 10.6. The largest absolute Gasteiger partial charge is 0.382 e. The maximum Gasteiger partial charge on any atom is 0.250 e. The summed E-state index contributed by atoms with van der Waals surface area (Å²) in [5, 5.41) is 6.56. The molecule has 0 aliphatic rings. The van der Waals surface area contributed by atoms with Gasteiger partial charge >= 0.3 is 0 Å². The molecular weight excluding hydrogens is 292 g/mol. The average molecular weight is 322 g/mol. The number of nitrogens with zero attached hydrogens (tertiary/aromatic N) is 2. The molecule has 1 rings (SSSR count). The zero-order chi connectivity index (χ0) is 16.8. The Balaban J connectivity index is 2.20. The van der Waals surface area contributed by atoms with Gasteiger partial charge in [0.15, 0.2) is 5.96 Å². The molecule has 0 unspecified atom stereocenters. The SMILES string of the molecule is CCNC(=NCCCOCC)NCCCCn1ccccc1=O. The monoisotopic (exact) mass is 322 g/mol. The Morgan fingerprint density at radius 3 is 2.83 bits per heavy atom. The van der Waals surface area contributed by atoms with E-state index in [1.807, 2.05) is 19.2 Å². The van der Waals surface area contributed by atoms with Gasteiger partial charge < -0.3 is 19.9 Å². The van der Waals surface area contributed by atoms with Gasteiger partial charge in [-0.2, -0.15) is 0 Å². The Labute approximate surface area is 139 Å². The van der Waals surface area contributed by atoms with Gasteiger partial charge in [-0.3, -0.25) is 9.79 Å². The Bertz CT molecular complexity index is 499. The van der Waals surface area contributed by atoms with Crippen molar-refractivity contribution in [1.29, 1.82) is 0 Å². The van der Waals surface area contributed by atoms with Gasteiger partial charge in [0, 0.05) is 51.7 Å². The minimum absolute atomic E-state index is 0.0599. The van der Waals surface area contributed by atoms with Crippen molar-refractivity contribution >= 4 is 5.96 Å². The second kappa shape index (κ2) is 12.7. The summed E-state index contributed by atoms with van der Waals surface area (Å²) in [5.41, 5.74) is 0.0599. The molecule has 1 aromatic heterocycles. The molecule has 0 amide bonds. The third kappa shape index (κ3) is 9.03. The number of guanidine groups is 1. The van der Waals surface area contributed by atoms with Gasteiger partial charge in [-0.25, -0.2) is 0 Å². The topological polar surface area (TPSA) is 67.7 Å². The first-order chi connectivity index (χ1) is 11.3. The number of ether oxygens (including phenoxy) is 1. The summed E-state index contributed by atoms with van der Waals surface area (Å²) in [6.45, 7) is 8.77. The highest BCUT2D eigenvalue weighted by atomic mass is 16.5. The Morgan fingerprint density at radius 2 is 2.09 bits per heavy atom. The molecule has 23 heavy (non-hydrogen) atoms. The Hall–Kier alpha value is -1.82. The van der Waals surface area contributed by atoms with E-state index in [9.17, 15) is 4.79 Å². The zero-order valence-electron chi connectivity index (χ0n) is 14.4. The van der Waals surface area contributed by atoms with Crippen molar-refractivity contribution in [2.24, 2.45) is 4.99 Å². The molecule has 0 saturated carbocycles. The van der Waals surface area contributed by atoms with Crippen LogP contribution in [0.3, 0.4) is 0 Å². The van der Waals surface area contributed by atoms with E-state index in [0.717, 1.165) is 64.6 Å². The van der Waals surface area contributed by atoms with Gasteiger partial charge in [-0.05, 0) is 39.2 Å². The van der Waals surface area contributed by atoms with Crippen LogP contribution in [0.25, 0.3) is 0 Å². The molecular formula is C17H30N4O2. The van der Waals surface area contributed by atoms with Crippen LogP contribution in [-0.2, 0) is 11.3 Å². The summed E-state index contributed by atoms with van der Waals surface area (Å²) in [6.07, 6.45) is 4.71. The molecule has 0 aromatic carbocycles. The molecule has 0 spiro atoms. The van der Waals surface area contributed by atoms with E-state index in [4.69, 9.17) is 4.74 Å². The highest BCUT2D eigenvalue weighted by molar-refractivity contribution is 5.79. The van der Waals surface area contributed by atoms with Crippen molar-refractivity contribution in [3.05, 3.63) is 34.7 Å². The van der Waals surface area contributed by atoms with Crippen LogP contribution < -0.4 is 16.2 Å². The summed E-state index contributed by atoms with van der Waals surface area (Å²) >= 11 is 0. The van der Waals surface area contributed by atoms with Crippen LogP contribution in [0.4, 0.5) is 0 Å². The standard InChI is InChI=1S/C17H30N4O2/c1-3-18-17(20-12-9-15-23-4-2)19-11-6-8-14-21-13-7-5-10-16(21)22/h5,7,10,13H,3-4,6,8-9,11-12,14-15H2,1-2H3,(H2,18,19,20). The van der Waals surface area contributed by atoms with E-state index in [1.165, 1.54) is 0 Å². The lowest BCUT2D eigenvalue weighted by Crippen LogP contribution is -2.38. The van der Waals surface area contributed by atoms with Crippen LogP contribution in [0.15, 0.2) is 34.2 Å². The van der Waals surface area contributed by atoms with Crippen molar-refractivity contribution in [3.8, 4) is 0 Å². The molecule has 0 aliphatic heterocycles. The number of aromatic nitrogens is 1. The van der Waals surface area contributed by atoms with Crippen LogP contribution in [0.1, 0.15) is 33.1 Å². The van der Waals surface area contributed by atoms with Crippen molar-refractivity contribution < 1.29 is 4.74 Å². The molecule has 1 aromatic rings. The van der Waals surface area contributed by atoms with E-state index < -0.39 is 0 Å². The van der Waals surface area contributed by atoms with Crippen molar-refractivity contribution in [2.75, 3.05) is 32.8 Å². The zero-order valence-corrected chi connectivity index (χ0v) is 14.4. The summed E-state index contributed by atoms with van der Waals surface area (Å²) in [5.74, 6) is 0.848. The third-order valence-electron chi connectivity index (χ3n) is 3.28. The molecule has 0 atom stereocenters. The van der Waals surface area contributed by atoms with Crippen LogP contribution in [0, 0.1) is 0 Å². The van der Waals surface area contributed by atoms with Gasteiger partial charge in [0.25, 0.3) is 0 Å². The van der Waals surface area contributed by atoms with Crippen LogP contribution in [0.2, 0.25) is 0 Å². The number of unbranched alkanes of at least 4 members (excludes halogenated alkanes) is 1. The summed E-state index contributed by atoms with van der Waals surface area (Å²) < 4.78 is 7.05.